The van der Waals surface area contributed by atoms with Crippen molar-refractivity contribution >= 4 is 5.91 Å². The third kappa shape index (κ3) is 9.61. The minimum absolute atomic E-state index is 0.00765. The third-order valence-electron chi connectivity index (χ3n) is 13.5. The number of nitrogens with zero attached hydrogens (tertiary/aromatic N) is 2. The van der Waals surface area contributed by atoms with Gasteiger partial charge in [-0.1, -0.05) is 0 Å². The Morgan fingerprint density at radius 2 is 1.78 bits per heavy atom. The molecule has 3 aliphatic carbocycles. The normalized spacial score (nSPS) is 40.8. The Morgan fingerprint density at radius 1 is 1.02 bits per heavy atom. The highest BCUT2D eigenvalue weighted by atomic mass is 19.1. The van der Waals surface area contributed by atoms with Crippen LogP contribution in [-0.2, 0) is 28.5 Å². The van der Waals surface area contributed by atoms with Crippen LogP contribution in [0.25, 0.3) is 0 Å². The maximum absolute atomic E-state index is 15.9. The summed E-state index contributed by atoms with van der Waals surface area (Å²) in [6, 6.07) is -0.274. The van der Waals surface area contributed by atoms with Crippen LogP contribution in [0, 0.1) is 11.8 Å². The van der Waals surface area contributed by atoms with E-state index in [1.54, 1.807) is 0 Å². The van der Waals surface area contributed by atoms with E-state index in [0.29, 0.717) is 83.7 Å². The van der Waals surface area contributed by atoms with Gasteiger partial charge in [0.25, 0.3) is 0 Å². The first-order chi connectivity index (χ1) is 26.1. The number of amides is 1. The summed E-state index contributed by atoms with van der Waals surface area (Å²) in [6.07, 6.45) is 5.33. The lowest BCUT2D eigenvalue weighted by molar-refractivity contribution is -0.240. The van der Waals surface area contributed by atoms with Crippen LogP contribution in [0.4, 0.5) is 8.78 Å². The first kappa shape index (κ1) is 40.7. The topological polar surface area (TPSA) is 140 Å². The molecule has 0 aromatic heterocycles. The van der Waals surface area contributed by atoms with Crippen molar-refractivity contribution in [2.24, 2.45) is 17.6 Å². The lowest BCUT2D eigenvalue weighted by atomic mass is 9.72. The molecule has 14 heteroatoms. The second-order valence-electron chi connectivity index (χ2n) is 17.4. The van der Waals surface area contributed by atoms with Crippen molar-refractivity contribution in [3.8, 4) is 0 Å². The zero-order valence-electron chi connectivity index (χ0n) is 32.6. The molecule has 308 valence electrons. The molecular weight excluding hydrogens is 700 g/mol. The van der Waals surface area contributed by atoms with Gasteiger partial charge in [-0.15, -0.1) is 0 Å². The molecule has 0 aromatic carbocycles. The fourth-order valence-electron chi connectivity index (χ4n) is 10.4. The van der Waals surface area contributed by atoms with E-state index in [1.165, 1.54) is 0 Å². The van der Waals surface area contributed by atoms with Crippen molar-refractivity contribution in [1.29, 1.82) is 0 Å². The molecule has 5 N–H and O–H groups in total. The van der Waals surface area contributed by atoms with Gasteiger partial charge in [-0.3, -0.25) is 9.69 Å². The van der Waals surface area contributed by atoms with Gasteiger partial charge in [-0.05, 0) is 104 Å². The molecule has 10 atom stereocenters. The smallest absolute Gasteiger partial charge is 0.230 e. The van der Waals surface area contributed by atoms with Crippen molar-refractivity contribution in [2.75, 3.05) is 59.2 Å². The van der Waals surface area contributed by atoms with Gasteiger partial charge in [0, 0.05) is 68.7 Å². The molecule has 0 bridgehead atoms. The number of nitrogens with one attached hydrogen (secondary N) is 2. The van der Waals surface area contributed by atoms with Crippen molar-refractivity contribution in [1.82, 2.24) is 20.4 Å². The molecular formula is C40H67F2N5O7. The number of fused-ring (bicyclic) bond motifs is 3. The highest BCUT2D eigenvalue weighted by Gasteiger charge is 2.53. The molecule has 4 saturated heterocycles. The van der Waals surface area contributed by atoms with Crippen molar-refractivity contribution in [3.05, 3.63) is 11.6 Å². The minimum atomic E-state index is -1.04. The molecule has 6 fully saturated rings. The van der Waals surface area contributed by atoms with Crippen LogP contribution in [0.2, 0.25) is 0 Å². The van der Waals surface area contributed by atoms with E-state index in [9.17, 15) is 14.3 Å². The molecule has 4 heterocycles. The van der Waals surface area contributed by atoms with E-state index in [4.69, 9.17) is 29.4 Å². The van der Waals surface area contributed by atoms with Crippen LogP contribution in [0.1, 0.15) is 97.3 Å². The Labute approximate surface area is 320 Å². The second kappa shape index (κ2) is 18.4. The van der Waals surface area contributed by atoms with Gasteiger partial charge < -0.3 is 50.1 Å². The quantitative estimate of drug-likeness (QED) is 0.218. The lowest BCUT2D eigenvalue weighted by Gasteiger charge is -2.52. The fraction of sp³-hybridized carbons (Fsp3) is 0.925. The number of likely N-dealkylation sites (tertiary alicyclic amines) is 2. The molecule has 10 unspecified atom stereocenters. The minimum Gasteiger partial charge on any atom is -0.492 e. The van der Waals surface area contributed by atoms with Crippen LogP contribution < -0.4 is 16.4 Å². The Kier molecular flexibility index (Phi) is 13.9. The molecule has 0 spiro atoms. The fourth-order valence-corrected chi connectivity index (χ4v) is 10.4. The van der Waals surface area contributed by atoms with E-state index < -0.39 is 30.5 Å². The van der Waals surface area contributed by atoms with Crippen LogP contribution in [-0.4, -0.2) is 147 Å². The van der Waals surface area contributed by atoms with E-state index in [1.807, 2.05) is 11.8 Å². The average molecular weight is 768 g/mol. The van der Waals surface area contributed by atoms with E-state index in [-0.39, 0.29) is 66.1 Å². The van der Waals surface area contributed by atoms with Gasteiger partial charge in [0.05, 0.1) is 31.5 Å². The summed E-state index contributed by atoms with van der Waals surface area (Å²) in [7, 11) is 0. The van der Waals surface area contributed by atoms with Crippen LogP contribution >= 0.6 is 0 Å². The number of hydrogen-bond donors (Lipinski definition) is 4. The maximum Gasteiger partial charge on any atom is 0.230 e. The maximum atomic E-state index is 15.9. The molecule has 54 heavy (non-hydrogen) atoms. The number of allylic oxidation sites excluding steroid dienone is 1. The second-order valence-corrected chi connectivity index (χ2v) is 17.4. The number of alkyl halides is 1. The lowest BCUT2D eigenvalue weighted by Crippen LogP contribution is -2.66. The van der Waals surface area contributed by atoms with Gasteiger partial charge >= 0.3 is 0 Å². The SMILES string of the molecule is CCOC1CCN(C2CCC(F)CC2)C(O)C1C(=O)NC1CCC(OC2CCNC3CC(OCCCN4CCC(C)(N)CC4)C4OCCOC4C32)=C(F)C1. The molecule has 12 nitrogen and oxygen atoms in total. The van der Waals surface area contributed by atoms with Gasteiger partial charge in [0.2, 0.25) is 5.91 Å². The monoisotopic (exact) mass is 768 g/mol. The van der Waals surface area contributed by atoms with Gasteiger partial charge in [0.15, 0.2) is 0 Å². The average Bonchev–Trinajstić information content (AvgIpc) is 3.15. The summed E-state index contributed by atoms with van der Waals surface area (Å²) in [5.41, 5.74) is 6.26. The predicted molar refractivity (Wildman–Crippen MR) is 199 cm³/mol. The summed E-state index contributed by atoms with van der Waals surface area (Å²) in [5, 5.41) is 18.2. The zero-order chi connectivity index (χ0) is 37.8. The number of rotatable bonds is 12. The Hall–Kier alpha value is -1.49. The number of aliphatic hydroxyl groups is 1. The van der Waals surface area contributed by atoms with Crippen LogP contribution in [0.15, 0.2) is 11.6 Å². The molecule has 1 amide bonds. The zero-order valence-corrected chi connectivity index (χ0v) is 32.6. The number of aliphatic hydroxyl groups excluding tert-OH is 1. The van der Waals surface area contributed by atoms with Gasteiger partial charge in [-0.25, -0.2) is 8.78 Å². The molecule has 2 saturated carbocycles. The standard InChI is InChI=1S/C40H67F2N5O7/c1-3-50-31-12-17-47(27-8-5-25(41)6-9-27)39(49)35(31)38(48)45-26-7-10-30(28(42)23-26)54-32-11-15-44-29-24-33(36-37(34(29)32)53-22-21-52-36)51-20-4-16-46-18-13-40(2,43)14-19-46/h25-27,29,31-37,39,44,49H,3-24,43H2,1-2H3,(H,45,48). The summed E-state index contributed by atoms with van der Waals surface area (Å²) in [6.45, 7) is 10.6. The largest absolute Gasteiger partial charge is 0.492 e. The first-order valence-electron chi connectivity index (χ1n) is 21.2. The molecule has 0 aromatic rings. The number of nitrogens with two attached hydrogens (primary N) is 1. The van der Waals surface area contributed by atoms with E-state index >= 15 is 4.39 Å². The highest BCUT2D eigenvalue weighted by Crippen LogP contribution is 2.41. The summed E-state index contributed by atoms with van der Waals surface area (Å²) in [4.78, 5) is 18.2. The summed E-state index contributed by atoms with van der Waals surface area (Å²) < 4.78 is 61.5. The first-order valence-corrected chi connectivity index (χ1v) is 21.2. The Morgan fingerprint density at radius 3 is 2.52 bits per heavy atom. The number of halogens is 2. The van der Waals surface area contributed by atoms with Crippen LogP contribution in [0.3, 0.4) is 0 Å². The third-order valence-corrected chi connectivity index (χ3v) is 13.5. The molecule has 7 rings (SSSR count). The van der Waals surface area contributed by atoms with Crippen LogP contribution in [0.5, 0.6) is 0 Å². The highest BCUT2D eigenvalue weighted by molar-refractivity contribution is 5.80. The number of carbonyl (C=O) groups is 1. The van der Waals surface area contributed by atoms with E-state index in [2.05, 4.69) is 22.5 Å². The van der Waals surface area contributed by atoms with E-state index in [0.717, 1.165) is 58.3 Å². The molecule has 0 radical (unpaired) electrons. The van der Waals surface area contributed by atoms with Crippen molar-refractivity contribution in [2.45, 2.75) is 164 Å². The van der Waals surface area contributed by atoms with Crippen molar-refractivity contribution < 1.29 is 42.4 Å². The summed E-state index contributed by atoms with van der Waals surface area (Å²) in [5.74, 6) is -1.10. The van der Waals surface area contributed by atoms with Gasteiger partial charge in [-0.2, -0.15) is 0 Å². The van der Waals surface area contributed by atoms with Gasteiger partial charge in [0.1, 0.15) is 42.1 Å². The molecule has 4 aliphatic heterocycles. The van der Waals surface area contributed by atoms with Crippen molar-refractivity contribution in [3.63, 3.8) is 0 Å². The number of hydrogen-bond acceptors (Lipinski definition) is 11. The Balaban J connectivity index is 0.928. The Bertz CT molecular complexity index is 1260. The number of ether oxygens (including phenoxy) is 5. The number of piperidine rings is 3. The molecule has 7 aliphatic rings. The number of carbonyl (C=O) groups excluding carboxylic acids is 1. The predicted octanol–water partition coefficient (Wildman–Crippen LogP) is 3.30. The summed E-state index contributed by atoms with van der Waals surface area (Å²) >= 11 is 0.